The highest BCUT2D eigenvalue weighted by molar-refractivity contribution is 6.04. The van der Waals surface area contributed by atoms with Crippen molar-refractivity contribution in [1.82, 2.24) is 9.97 Å². The zero-order chi connectivity index (χ0) is 16.9. The van der Waals surface area contributed by atoms with E-state index in [0.29, 0.717) is 11.6 Å². The number of nitrogens with zero attached hydrogens (tertiary/aromatic N) is 3. The monoisotopic (exact) mass is 318 g/mol. The van der Waals surface area contributed by atoms with Gasteiger partial charge in [-0.15, -0.1) is 0 Å². The van der Waals surface area contributed by atoms with Gasteiger partial charge >= 0.3 is 0 Å². The van der Waals surface area contributed by atoms with Crippen LogP contribution in [0.4, 0.5) is 17.3 Å². The molecule has 1 aromatic heterocycles. The fourth-order valence-corrected chi connectivity index (χ4v) is 2.31. The zero-order valence-corrected chi connectivity index (χ0v) is 13.6. The van der Waals surface area contributed by atoms with Crippen LogP contribution in [0.2, 0.25) is 0 Å². The van der Waals surface area contributed by atoms with Crippen molar-refractivity contribution in [2.45, 2.75) is 6.92 Å². The first kappa shape index (κ1) is 15.7. The first-order valence-corrected chi connectivity index (χ1v) is 7.64. The molecule has 1 N–H and O–H groups in total. The maximum absolute atomic E-state index is 12.6. The number of rotatable bonds is 4. The van der Waals surface area contributed by atoms with Crippen LogP contribution < -0.4 is 10.2 Å². The quantitative estimate of drug-likeness (QED) is 0.795. The van der Waals surface area contributed by atoms with Crippen molar-refractivity contribution >= 4 is 23.2 Å². The molecule has 0 aliphatic heterocycles. The number of hydrogen-bond donors (Lipinski definition) is 1. The summed E-state index contributed by atoms with van der Waals surface area (Å²) in [6, 6.07) is 18.9. The molecule has 0 unspecified atom stereocenters. The summed E-state index contributed by atoms with van der Waals surface area (Å²) in [7, 11) is 1.73. The topological polar surface area (TPSA) is 58.1 Å². The Balaban J connectivity index is 1.82. The molecule has 0 fully saturated rings. The molecule has 0 aliphatic rings. The minimum atomic E-state index is -0.184. The molecule has 0 aliphatic carbocycles. The fraction of sp³-hybridized carbons (Fsp3) is 0.105. The van der Waals surface area contributed by atoms with Crippen molar-refractivity contribution in [2.75, 3.05) is 17.3 Å². The maximum atomic E-state index is 12.6. The van der Waals surface area contributed by atoms with Gasteiger partial charge < -0.3 is 10.2 Å². The summed E-state index contributed by atoms with van der Waals surface area (Å²) in [6.07, 6.45) is 1.58. The lowest BCUT2D eigenvalue weighted by Gasteiger charge is -2.17. The normalized spacial score (nSPS) is 10.2. The van der Waals surface area contributed by atoms with E-state index in [-0.39, 0.29) is 5.91 Å². The number of benzene rings is 2. The van der Waals surface area contributed by atoms with Crippen LogP contribution in [0.1, 0.15) is 16.1 Å². The second-order valence-electron chi connectivity index (χ2n) is 5.41. The first-order chi connectivity index (χ1) is 11.6. The molecule has 0 saturated heterocycles. The number of amides is 1. The molecule has 1 amide bonds. The lowest BCUT2D eigenvalue weighted by Crippen LogP contribution is -2.27. The predicted molar refractivity (Wildman–Crippen MR) is 95.7 cm³/mol. The number of para-hydroxylation sites is 2. The average Bonchev–Trinajstić information content (AvgIpc) is 2.63. The number of aromatic nitrogens is 2. The Morgan fingerprint density at radius 1 is 1.00 bits per heavy atom. The maximum Gasteiger partial charge on any atom is 0.276 e. The number of anilines is 3. The summed E-state index contributed by atoms with van der Waals surface area (Å²) < 4.78 is 0. The van der Waals surface area contributed by atoms with Gasteiger partial charge in [0, 0.05) is 24.6 Å². The van der Waals surface area contributed by atoms with Crippen molar-refractivity contribution in [3.05, 3.63) is 78.1 Å². The molecule has 3 aromatic rings. The smallest absolute Gasteiger partial charge is 0.276 e. The van der Waals surface area contributed by atoms with Gasteiger partial charge in [-0.05, 0) is 36.8 Å². The minimum absolute atomic E-state index is 0.184. The Kier molecular flexibility index (Phi) is 4.52. The molecule has 1 heterocycles. The van der Waals surface area contributed by atoms with Crippen molar-refractivity contribution in [2.24, 2.45) is 0 Å². The number of hydrogen-bond acceptors (Lipinski definition) is 4. The van der Waals surface area contributed by atoms with Crippen LogP contribution >= 0.6 is 0 Å². The zero-order valence-electron chi connectivity index (χ0n) is 13.6. The number of carbonyl (C=O) groups is 1. The fourth-order valence-electron chi connectivity index (χ4n) is 2.31. The Morgan fingerprint density at radius 3 is 2.46 bits per heavy atom. The van der Waals surface area contributed by atoms with Crippen LogP contribution in [0.15, 0.2) is 66.9 Å². The third-order valence-corrected chi connectivity index (χ3v) is 3.71. The molecule has 0 saturated carbocycles. The Labute approximate surface area is 141 Å². The Bertz CT molecular complexity index is 849. The van der Waals surface area contributed by atoms with Gasteiger partial charge in [0.2, 0.25) is 5.95 Å². The van der Waals surface area contributed by atoms with E-state index in [1.165, 1.54) is 0 Å². The summed E-state index contributed by atoms with van der Waals surface area (Å²) in [4.78, 5) is 22.7. The largest absolute Gasteiger partial charge is 0.324 e. The molecule has 0 bridgehead atoms. The highest BCUT2D eigenvalue weighted by atomic mass is 16.2. The van der Waals surface area contributed by atoms with E-state index in [1.54, 1.807) is 24.2 Å². The van der Waals surface area contributed by atoms with E-state index in [9.17, 15) is 4.79 Å². The summed E-state index contributed by atoms with van der Waals surface area (Å²) >= 11 is 0. The SMILES string of the molecule is Cc1ccccc1Nc1nccc(C(=O)N(C)c2ccccc2)n1. The van der Waals surface area contributed by atoms with Gasteiger partial charge in [-0.2, -0.15) is 0 Å². The van der Waals surface area contributed by atoms with Crippen LogP contribution in [0.3, 0.4) is 0 Å². The Hall–Kier alpha value is -3.21. The molecule has 5 heteroatoms. The van der Waals surface area contributed by atoms with Crippen LogP contribution in [0, 0.1) is 6.92 Å². The average molecular weight is 318 g/mol. The molecular weight excluding hydrogens is 300 g/mol. The van der Waals surface area contributed by atoms with Gasteiger partial charge in [0.15, 0.2) is 0 Å². The number of nitrogens with one attached hydrogen (secondary N) is 1. The molecule has 0 spiro atoms. The van der Waals surface area contributed by atoms with Crippen molar-refractivity contribution in [1.29, 1.82) is 0 Å². The van der Waals surface area contributed by atoms with Crippen LogP contribution in [0.5, 0.6) is 0 Å². The molecule has 0 radical (unpaired) electrons. The van der Waals surface area contributed by atoms with Gasteiger partial charge in [0.25, 0.3) is 5.91 Å². The molecule has 0 atom stereocenters. The van der Waals surface area contributed by atoms with E-state index in [1.807, 2.05) is 61.5 Å². The lowest BCUT2D eigenvalue weighted by molar-refractivity contribution is 0.0988. The van der Waals surface area contributed by atoms with Gasteiger partial charge in [-0.1, -0.05) is 36.4 Å². The second kappa shape index (κ2) is 6.91. The summed E-state index contributed by atoms with van der Waals surface area (Å²) in [6.45, 7) is 2.00. The first-order valence-electron chi connectivity index (χ1n) is 7.64. The van der Waals surface area contributed by atoms with E-state index in [2.05, 4.69) is 15.3 Å². The number of aryl methyl sites for hydroxylation is 1. The van der Waals surface area contributed by atoms with Crippen LogP contribution in [-0.2, 0) is 0 Å². The second-order valence-corrected chi connectivity index (χ2v) is 5.41. The van der Waals surface area contributed by atoms with Crippen molar-refractivity contribution < 1.29 is 4.79 Å². The van der Waals surface area contributed by atoms with Crippen LogP contribution in [0.25, 0.3) is 0 Å². The summed E-state index contributed by atoms with van der Waals surface area (Å²) in [5.74, 6) is 0.216. The van der Waals surface area contributed by atoms with Gasteiger partial charge in [-0.25, -0.2) is 9.97 Å². The van der Waals surface area contributed by atoms with Crippen LogP contribution in [-0.4, -0.2) is 22.9 Å². The van der Waals surface area contributed by atoms with E-state index in [0.717, 1.165) is 16.9 Å². The highest BCUT2D eigenvalue weighted by Gasteiger charge is 2.15. The van der Waals surface area contributed by atoms with E-state index < -0.39 is 0 Å². The minimum Gasteiger partial charge on any atom is -0.324 e. The van der Waals surface area contributed by atoms with Gasteiger partial charge in [0.05, 0.1) is 0 Å². The molecule has 120 valence electrons. The van der Waals surface area contributed by atoms with Crippen molar-refractivity contribution in [3.63, 3.8) is 0 Å². The molecular formula is C19H18N4O. The van der Waals surface area contributed by atoms with Gasteiger partial charge in [0.1, 0.15) is 5.69 Å². The highest BCUT2D eigenvalue weighted by Crippen LogP contribution is 2.18. The molecule has 24 heavy (non-hydrogen) atoms. The van der Waals surface area contributed by atoms with E-state index in [4.69, 9.17) is 0 Å². The molecule has 5 nitrogen and oxygen atoms in total. The third kappa shape index (κ3) is 3.41. The Morgan fingerprint density at radius 2 is 1.71 bits per heavy atom. The predicted octanol–water partition coefficient (Wildman–Crippen LogP) is 3.81. The lowest BCUT2D eigenvalue weighted by atomic mass is 10.2. The molecule has 2 aromatic carbocycles. The van der Waals surface area contributed by atoms with Gasteiger partial charge in [-0.3, -0.25) is 4.79 Å². The molecule has 3 rings (SSSR count). The summed E-state index contributed by atoms with van der Waals surface area (Å²) in [5, 5.41) is 3.15. The third-order valence-electron chi connectivity index (χ3n) is 3.71. The standard InChI is InChI=1S/C19H18N4O/c1-14-8-6-7-11-16(14)21-19-20-13-12-17(22-19)18(24)23(2)15-9-4-3-5-10-15/h3-13H,1-2H3,(H,20,21,22). The number of carbonyl (C=O) groups excluding carboxylic acids is 1. The summed E-state index contributed by atoms with van der Waals surface area (Å²) in [5.41, 5.74) is 3.15. The van der Waals surface area contributed by atoms with E-state index >= 15 is 0 Å². The van der Waals surface area contributed by atoms with Crippen molar-refractivity contribution in [3.8, 4) is 0 Å².